The fourth-order valence-corrected chi connectivity index (χ4v) is 3.41. The summed E-state index contributed by atoms with van der Waals surface area (Å²) in [6.45, 7) is 7.28. The number of fused-ring (bicyclic) bond motifs is 1. The molecule has 0 amide bonds. The van der Waals surface area contributed by atoms with Crippen molar-refractivity contribution in [3.63, 3.8) is 0 Å². The van der Waals surface area contributed by atoms with E-state index in [2.05, 4.69) is 24.9 Å². The molecule has 3 atom stereocenters. The molecule has 0 bridgehead atoms. The van der Waals surface area contributed by atoms with E-state index in [1.807, 2.05) is 0 Å². The van der Waals surface area contributed by atoms with Crippen LogP contribution in [0.15, 0.2) is 12.7 Å². The Hall–Kier alpha value is -0.300. The van der Waals surface area contributed by atoms with E-state index >= 15 is 0 Å². The number of unbranched alkanes of at least 4 members (excludes halogenated alkanes) is 1. The first kappa shape index (κ1) is 12.2. The molecule has 1 N–H and O–H groups in total. The van der Waals surface area contributed by atoms with Gasteiger partial charge in [-0.3, -0.25) is 0 Å². The van der Waals surface area contributed by atoms with Gasteiger partial charge in [-0.05, 0) is 69.2 Å². The molecule has 0 saturated heterocycles. The maximum absolute atomic E-state index is 3.82. The second-order valence-corrected chi connectivity index (χ2v) is 5.77. The molecule has 2 aliphatic rings. The maximum atomic E-state index is 3.82. The average molecular weight is 221 g/mol. The molecule has 1 nitrogen and oxygen atoms in total. The van der Waals surface area contributed by atoms with Crippen LogP contribution in [0.1, 0.15) is 51.9 Å². The fourth-order valence-electron chi connectivity index (χ4n) is 3.41. The summed E-state index contributed by atoms with van der Waals surface area (Å²) in [5.74, 6) is 3.23. The van der Waals surface area contributed by atoms with Crippen molar-refractivity contribution < 1.29 is 0 Å². The Kier molecular flexibility index (Phi) is 4.45. The van der Waals surface area contributed by atoms with Crippen LogP contribution in [0, 0.1) is 17.8 Å². The Morgan fingerprint density at radius 1 is 1.31 bits per heavy atom. The zero-order valence-electron chi connectivity index (χ0n) is 10.8. The van der Waals surface area contributed by atoms with Gasteiger partial charge in [0.15, 0.2) is 0 Å². The van der Waals surface area contributed by atoms with Crippen molar-refractivity contribution in [1.82, 2.24) is 5.32 Å². The van der Waals surface area contributed by atoms with Gasteiger partial charge in [-0.1, -0.05) is 13.0 Å². The SMILES string of the molecule is C=CCCCC(NCCC)C1CC2CC2C1. The van der Waals surface area contributed by atoms with E-state index in [0.29, 0.717) is 0 Å². The van der Waals surface area contributed by atoms with Gasteiger partial charge < -0.3 is 5.32 Å². The second-order valence-electron chi connectivity index (χ2n) is 5.77. The normalized spacial score (nSPS) is 33.4. The van der Waals surface area contributed by atoms with Crippen LogP contribution in [-0.4, -0.2) is 12.6 Å². The Bertz CT molecular complexity index is 213. The number of rotatable bonds is 8. The number of allylic oxidation sites excluding steroid dienone is 1. The fraction of sp³-hybridized carbons (Fsp3) is 0.867. The standard InChI is InChI=1S/C15H27N/c1-3-5-6-7-15(16-8-4-2)14-10-12-9-13(12)11-14/h3,12-16H,1,4-11H2,2H3. The molecule has 0 aromatic carbocycles. The van der Waals surface area contributed by atoms with Crippen molar-refractivity contribution in [3.8, 4) is 0 Å². The molecule has 3 unspecified atom stereocenters. The van der Waals surface area contributed by atoms with Crippen LogP contribution in [-0.2, 0) is 0 Å². The molecule has 2 aliphatic carbocycles. The summed E-state index contributed by atoms with van der Waals surface area (Å²) in [5.41, 5.74) is 0. The van der Waals surface area contributed by atoms with Gasteiger partial charge >= 0.3 is 0 Å². The molecule has 2 fully saturated rings. The molecule has 0 aromatic rings. The minimum absolute atomic E-state index is 0.799. The zero-order chi connectivity index (χ0) is 11.4. The third-order valence-electron chi connectivity index (χ3n) is 4.43. The molecule has 0 radical (unpaired) electrons. The van der Waals surface area contributed by atoms with E-state index in [4.69, 9.17) is 0 Å². The van der Waals surface area contributed by atoms with Crippen molar-refractivity contribution in [3.05, 3.63) is 12.7 Å². The van der Waals surface area contributed by atoms with E-state index in [1.165, 1.54) is 45.1 Å². The largest absolute Gasteiger partial charge is 0.314 e. The van der Waals surface area contributed by atoms with Crippen molar-refractivity contribution >= 4 is 0 Å². The van der Waals surface area contributed by atoms with Crippen LogP contribution in [0.25, 0.3) is 0 Å². The Morgan fingerprint density at radius 2 is 2.06 bits per heavy atom. The highest BCUT2D eigenvalue weighted by Crippen LogP contribution is 2.55. The lowest BCUT2D eigenvalue weighted by atomic mass is 9.90. The molecule has 0 aliphatic heterocycles. The van der Waals surface area contributed by atoms with E-state index in [1.54, 1.807) is 6.42 Å². The predicted molar refractivity (Wildman–Crippen MR) is 70.5 cm³/mol. The quantitative estimate of drug-likeness (QED) is 0.486. The van der Waals surface area contributed by atoms with Crippen LogP contribution >= 0.6 is 0 Å². The lowest BCUT2D eigenvalue weighted by molar-refractivity contribution is 0.314. The van der Waals surface area contributed by atoms with Crippen LogP contribution < -0.4 is 5.32 Å². The van der Waals surface area contributed by atoms with Crippen LogP contribution in [0.2, 0.25) is 0 Å². The van der Waals surface area contributed by atoms with Gasteiger partial charge in [0.2, 0.25) is 0 Å². The Morgan fingerprint density at radius 3 is 2.69 bits per heavy atom. The van der Waals surface area contributed by atoms with Gasteiger partial charge in [-0.25, -0.2) is 0 Å². The maximum Gasteiger partial charge on any atom is 0.00956 e. The number of nitrogens with one attached hydrogen (secondary N) is 1. The summed E-state index contributed by atoms with van der Waals surface area (Å²) in [7, 11) is 0. The Balaban J connectivity index is 1.74. The van der Waals surface area contributed by atoms with Gasteiger partial charge in [0, 0.05) is 6.04 Å². The van der Waals surface area contributed by atoms with Crippen molar-refractivity contribution in [2.75, 3.05) is 6.54 Å². The lowest BCUT2D eigenvalue weighted by Gasteiger charge is -2.26. The topological polar surface area (TPSA) is 12.0 Å². The monoisotopic (exact) mass is 221 g/mol. The molecule has 2 saturated carbocycles. The predicted octanol–water partition coefficient (Wildman–Crippen LogP) is 3.76. The molecule has 0 spiro atoms. The summed E-state index contributed by atoms with van der Waals surface area (Å²) in [5, 5.41) is 3.78. The zero-order valence-corrected chi connectivity index (χ0v) is 10.8. The third kappa shape index (κ3) is 3.10. The van der Waals surface area contributed by atoms with Crippen molar-refractivity contribution in [1.29, 1.82) is 0 Å². The highest BCUT2D eigenvalue weighted by Gasteiger charge is 2.47. The first-order valence-corrected chi connectivity index (χ1v) is 7.19. The number of hydrogen-bond acceptors (Lipinski definition) is 1. The van der Waals surface area contributed by atoms with Gasteiger partial charge in [0.1, 0.15) is 0 Å². The average Bonchev–Trinajstić information content (AvgIpc) is 2.91. The lowest BCUT2D eigenvalue weighted by Crippen LogP contribution is -2.36. The summed E-state index contributed by atoms with van der Waals surface area (Å²) in [6, 6.07) is 0.799. The summed E-state index contributed by atoms with van der Waals surface area (Å²) < 4.78 is 0. The minimum Gasteiger partial charge on any atom is -0.314 e. The molecular formula is C15H27N. The van der Waals surface area contributed by atoms with E-state index in [-0.39, 0.29) is 0 Å². The smallest absolute Gasteiger partial charge is 0.00956 e. The molecule has 0 heterocycles. The van der Waals surface area contributed by atoms with Gasteiger partial charge in [-0.15, -0.1) is 6.58 Å². The van der Waals surface area contributed by atoms with Crippen LogP contribution in [0.4, 0.5) is 0 Å². The molecule has 0 aromatic heterocycles. The first-order valence-electron chi connectivity index (χ1n) is 7.19. The van der Waals surface area contributed by atoms with E-state index < -0.39 is 0 Å². The van der Waals surface area contributed by atoms with E-state index in [0.717, 1.165) is 23.8 Å². The summed E-state index contributed by atoms with van der Waals surface area (Å²) in [4.78, 5) is 0. The highest BCUT2D eigenvalue weighted by atomic mass is 14.9. The van der Waals surface area contributed by atoms with Crippen LogP contribution in [0.3, 0.4) is 0 Å². The molecule has 2 rings (SSSR count). The van der Waals surface area contributed by atoms with Crippen molar-refractivity contribution in [2.45, 2.75) is 57.9 Å². The molecule has 16 heavy (non-hydrogen) atoms. The minimum atomic E-state index is 0.799. The molecule has 1 heteroatoms. The summed E-state index contributed by atoms with van der Waals surface area (Å²) >= 11 is 0. The van der Waals surface area contributed by atoms with Gasteiger partial charge in [0.25, 0.3) is 0 Å². The third-order valence-corrected chi connectivity index (χ3v) is 4.43. The van der Waals surface area contributed by atoms with E-state index in [9.17, 15) is 0 Å². The highest BCUT2D eigenvalue weighted by molar-refractivity contribution is 4.99. The molecular weight excluding hydrogens is 194 g/mol. The molecule has 92 valence electrons. The number of hydrogen-bond donors (Lipinski definition) is 1. The van der Waals surface area contributed by atoms with Gasteiger partial charge in [0.05, 0.1) is 0 Å². The van der Waals surface area contributed by atoms with Crippen LogP contribution in [0.5, 0.6) is 0 Å². The van der Waals surface area contributed by atoms with Gasteiger partial charge in [-0.2, -0.15) is 0 Å². The van der Waals surface area contributed by atoms with Crippen molar-refractivity contribution in [2.24, 2.45) is 17.8 Å². The second kappa shape index (κ2) is 5.86. The summed E-state index contributed by atoms with van der Waals surface area (Å²) in [6.07, 6.45) is 11.8. The first-order chi connectivity index (χ1) is 7.85. The Labute approximate surface area is 101 Å².